The zero-order valence-electron chi connectivity index (χ0n) is 12.1. The summed E-state index contributed by atoms with van der Waals surface area (Å²) in [5, 5.41) is 9.56. The van der Waals surface area contributed by atoms with E-state index in [1.165, 1.54) is 12.8 Å². The zero-order chi connectivity index (χ0) is 13.9. The number of hydrogen-bond donors (Lipinski definition) is 1. The van der Waals surface area contributed by atoms with Crippen LogP contribution in [-0.2, 0) is 9.53 Å². The fourth-order valence-electron chi connectivity index (χ4n) is 3.35. The SMILES string of the molecule is CN(CC1CCCN1C)CC1(C(=O)O)CCOCC1. The summed E-state index contributed by atoms with van der Waals surface area (Å²) in [5.74, 6) is -0.664. The van der Waals surface area contributed by atoms with Crippen molar-refractivity contribution in [1.82, 2.24) is 9.80 Å². The van der Waals surface area contributed by atoms with Gasteiger partial charge in [0.15, 0.2) is 0 Å². The molecule has 0 bridgehead atoms. The summed E-state index contributed by atoms with van der Waals surface area (Å²) >= 11 is 0. The van der Waals surface area contributed by atoms with Crippen molar-refractivity contribution in [2.45, 2.75) is 31.7 Å². The van der Waals surface area contributed by atoms with Crippen LogP contribution in [0.4, 0.5) is 0 Å². The molecule has 2 aliphatic rings. The molecule has 5 nitrogen and oxygen atoms in total. The van der Waals surface area contributed by atoms with Crippen molar-refractivity contribution in [2.24, 2.45) is 5.41 Å². The minimum atomic E-state index is -0.664. The maximum absolute atomic E-state index is 11.6. The maximum atomic E-state index is 11.6. The van der Waals surface area contributed by atoms with Crippen LogP contribution in [0.3, 0.4) is 0 Å². The van der Waals surface area contributed by atoms with Crippen molar-refractivity contribution >= 4 is 5.97 Å². The lowest BCUT2D eigenvalue weighted by Crippen LogP contribution is -2.48. The quantitative estimate of drug-likeness (QED) is 0.804. The summed E-state index contributed by atoms with van der Waals surface area (Å²) in [4.78, 5) is 16.2. The van der Waals surface area contributed by atoms with Crippen LogP contribution in [0, 0.1) is 5.41 Å². The van der Waals surface area contributed by atoms with Gasteiger partial charge in [0.05, 0.1) is 5.41 Å². The minimum Gasteiger partial charge on any atom is -0.481 e. The Labute approximate surface area is 115 Å². The summed E-state index contributed by atoms with van der Waals surface area (Å²) in [6.45, 7) is 3.91. The highest BCUT2D eigenvalue weighted by Crippen LogP contribution is 2.32. The molecule has 0 aromatic carbocycles. The van der Waals surface area contributed by atoms with Crippen molar-refractivity contribution in [3.63, 3.8) is 0 Å². The van der Waals surface area contributed by atoms with E-state index in [-0.39, 0.29) is 0 Å². The van der Waals surface area contributed by atoms with Gasteiger partial charge in [0.1, 0.15) is 0 Å². The molecule has 1 unspecified atom stereocenters. The summed E-state index contributed by atoms with van der Waals surface area (Å²) in [6.07, 6.45) is 3.75. The van der Waals surface area contributed by atoms with Gasteiger partial charge in [-0.3, -0.25) is 4.79 Å². The standard InChI is InChI=1S/C14H26N2O3/c1-15(10-12-4-3-7-16(12)2)11-14(13(17)18)5-8-19-9-6-14/h12H,3-11H2,1-2H3,(H,17,18). The number of hydrogen-bond acceptors (Lipinski definition) is 4. The second-order valence-corrected chi connectivity index (χ2v) is 6.17. The molecule has 0 saturated carbocycles. The molecule has 5 heteroatoms. The Bertz CT molecular complexity index is 316. The van der Waals surface area contributed by atoms with E-state index >= 15 is 0 Å². The minimum absolute atomic E-state index is 0.573. The number of likely N-dealkylation sites (tertiary alicyclic amines) is 1. The fourth-order valence-corrected chi connectivity index (χ4v) is 3.35. The van der Waals surface area contributed by atoms with Crippen LogP contribution in [-0.4, -0.2) is 73.9 Å². The smallest absolute Gasteiger partial charge is 0.311 e. The molecule has 2 heterocycles. The average Bonchev–Trinajstić information content (AvgIpc) is 2.76. The first-order valence-corrected chi connectivity index (χ1v) is 7.23. The zero-order valence-corrected chi connectivity index (χ0v) is 12.1. The van der Waals surface area contributed by atoms with E-state index in [0.29, 0.717) is 38.6 Å². The highest BCUT2D eigenvalue weighted by atomic mass is 16.5. The van der Waals surface area contributed by atoms with Gasteiger partial charge in [0.2, 0.25) is 0 Å². The molecule has 110 valence electrons. The van der Waals surface area contributed by atoms with Gasteiger partial charge in [-0.15, -0.1) is 0 Å². The van der Waals surface area contributed by atoms with Crippen LogP contribution in [0.5, 0.6) is 0 Å². The fraction of sp³-hybridized carbons (Fsp3) is 0.929. The van der Waals surface area contributed by atoms with E-state index in [9.17, 15) is 9.90 Å². The average molecular weight is 270 g/mol. The third-order valence-corrected chi connectivity index (χ3v) is 4.67. The van der Waals surface area contributed by atoms with Crippen molar-refractivity contribution in [1.29, 1.82) is 0 Å². The molecular formula is C14H26N2O3. The topological polar surface area (TPSA) is 53.0 Å². The molecule has 2 rings (SSSR count). The third kappa shape index (κ3) is 3.46. The van der Waals surface area contributed by atoms with Crippen LogP contribution in [0.25, 0.3) is 0 Å². The number of ether oxygens (including phenoxy) is 1. The van der Waals surface area contributed by atoms with Gasteiger partial charge in [-0.1, -0.05) is 0 Å². The van der Waals surface area contributed by atoms with E-state index in [1.54, 1.807) is 0 Å². The van der Waals surface area contributed by atoms with Gasteiger partial charge >= 0.3 is 5.97 Å². The van der Waals surface area contributed by atoms with Gasteiger partial charge in [0, 0.05) is 32.3 Å². The van der Waals surface area contributed by atoms with Crippen LogP contribution >= 0.6 is 0 Å². The Kier molecular flexibility index (Phi) is 4.81. The summed E-state index contributed by atoms with van der Waals surface area (Å²) in [6, 6.07) is 0.579. The Morgan fingerprint density at radius 3 is 2.68 bits per heavy atom. The largest absolute Gasteiger partial charge is 0.481 e. The predicted octanol–water partition coefficient (Wildman–Crippen LogP) is 0.894. The summed E-state index contributed by atoms with van der Waals surface area (Å²) in [7, 11) is 4.21. The summed E-state index contributed by atoms with van der Waals surface area (Å²) < 4.78 is 5.32. The molecule has 1 atom stereocenters. The number of carboxylic acid groups (broad SMARTS) is 1. The van der Waals surface area contributed by atoms with E-state index in [2.05, 4.69) is 16.8 Å². The Hall–Kier alpha value is -0.650. The van der Waals surface area contributed by atoms with Crippen molar-refractivity contribution in [2.75, 3.05) is 46.9 Å². The molecule has 0 aromatic heterocycles. The number of rotatable bonds is 5. The molecule has 2 aliphatic heterocycles. The Balaban J connectivity index is 1.91. The first-order valence-electron chi connectivity index (χ1n) is 7.23. The second-order valence-electron chi connectivity index (χ2n) is 6.17. The molecule has 0 aliphatic carbocycles. The number of carbonyl (C=O) groups is 1. The highest BCUT2D eigenvalue weighted by molar-refractivity contribution is 5.75. The van der Waals surface area contributed by atoms with Gasteiger partial charge in [-0.25, -0.2) is 0 Å². The second kappa shape index (κ2) is 6.20. The van der Waals surface area contributed by atoms with E-state index < -0.39 is 11.4 Å². The van der Waals surface area contributed by atoms with Crippen LogP contribution in [0.15, 0.2) is 0 Å². The first kappa shape index (κ1) is 14.8. The maximum Gasteiger partial charge on any atom is 0.311 e. The van der Waals surface area contributed by atoms with Crippen molar-refractivity contribution in [3.05, 3.63) is 0 Å². The lowest BCUT2D eigenvalue weighted by Gasteiger charge is -2.37. The van der Waals surface area contributed by atoms with Gasteiger partial charge in [-0.05, 0) is 46.3 Å². The molecule has 19 heavy (non-hydrogen) atoms. The third-order valence-electron chi connectivity index (χ3n) is 4.67. The summed E-state index contributed by atoms with van der Waals surface area (Å²) in [5.41, 5.74) is -0.607. The van der Waals surface area contributed by atoms with E-state index in [1.807, 2.05) is 7.05 Å². The molecule has 2 saturated heterocycles. The molecule has 0 spiro atoms. The van der Waals surface area contributed by atoms with Gasteiger partial charge < -0.3 is 19.6 Å². The Morgan fingerprint density at radius 2 is 2.16 bits per heavy atom. The van der Waals surface area contributed by atoms with E-state index in [0.717, 1.165) is 13.1 Å². The Morgan fingerprint density at radius 1 is 1.47 bits per heavy atom. The molecule has 0 radical (unpaired) electrons. The predicted molar refractivity (Wildman–Crippen MR) is 73.3 cm³/mol. The van der Waals surface area contributed by atoms with Gasteiger partial charge in [-0.2, -0.15) is 0 Å². The van der Waals surface area contributed by atoms with Gasteiger partial charge in [0.25, 0.3) is 0 Å². The normalized spacial score (nSPS) is 27.8. The van der Waals surface area contributed by atoms with Crippen LogP contribution in [0.2, 0.25) is 0 Å². The number of likely N-dealkylation sites (N-methyl/N-ethyl adjacent to an activating group) is 2. The molecule has 0 amide bonds. The number of aliphatic carboxylic acids is 1. The lowest BCUT2D eigenvalue weighted by molar-refractivity contribution is -0.156. The van der Waals surface area contributed by atoms with Crippen LogP contribution in [0.1, 0.15) is 25.7 Å². The van der Waals surface area contributed by atoms with Crippen LogP contribution < -0.4 is 0 Å². The highest BCUT2D eigenvalue weighted by Gasteiger charge is 2.41. The molecule has 0 aromatic rings. The monoisotopic (exact) mass is 270 g/mol. The van der Waals surface area contributed by atoms with Crippen molar-refractivity contribution in [3.8, 4) is 0 Å². The molecule has 1 N–H and O–H groups in total. The molecular weight excluding hydrogens is 244 g/mol. The number of carboxylic acids is 1. The first-order chi connectivity index (χ1) is 9.03. The lowest BCUT2D eigenvalue weighted by atomic mass is 9.79. The van der Waals surface area contributed by atoms with Crippen molar-refractivity contribution < 1.29 is 14.6 Å². The number of nitrogens with zero attached hydrogens (tertiary/aromatic N) is 2. The van der Waals surface area contributed by atoms with E-state index in [4.69, 9.17) is 4.74 Å². The molecule has 2 fully saturated rings.